The van der Waals surface area contributed by atoms with Crippen LogP contribution in [0.2, 0.25) is 0 Å². The summed E-state index contributed by atoms with van der Waals surface area (Å²) >= 11 is 0.176. The molecule has 0 N–H and O–H groups in total. The number of hydrogen-bond acceptors (Lipinski definition) is 3. The molecule has 0 bridgehead atoms. The molecule has 7 rings (SSSR count). The van der Waals surface area contributed by atoms with Gasteiger partial charge in [0, 0.05) is 0 Å². The Labute approximate surface area is 202 Å². The van der Waals surface area contributed by atoms with E-state index in [-0.39, 0.29) is 14.5 Å². The number of aromatic nitrogens is 2. The zero-order valence-corrected chi connectivity index (χ0v) is 19.8. The summed E-state index contributed by atoms with van der Waals surface area (Å²) in [6.45, 7) is 0. The Morgan fingerprint density at radius 2 is 1.26 bits per heavy atom. The van der Waals surface area contributed by atoms with Crippen LogP contribution in [0.5, 0.6) is 0 Å². The molecule has 3 nitrogen and oxygen atoms in total. The van der Waals surface area contributed by atoms with Gasteiger partial charge in [0.2, 0.25) is 0 Å². The fraction of sp³-hybridized carbons (Fsp3) is 0. The third-order valence-corrected chi connectivity index (χ3v) is 8.55. The molecule has 160 valence electrons. The third kappa shape index (κ3) is 3.28. The molecule has 0 amide bonds. The molecule has 0 atom stereocenters. The molecule has 2 heterocycles. The molecule has 0 radical (unpaired) electrons. The zero-order valence-electron chi connectivity index (χ0n) is 18.1. The molecule has 0 spiro atoms. The van der Waals surface area contributed by atoms with Crippen molar-refractivity contribution >= 4 is 46.2 Å². The Balaban J connectivity index is 1.35. The van der Waals surface area contributed by atoms with Crippen LogP contribution in [0.25, 0.3) is 64.4 Å². The first-order valence-corrected chi connectivity index (χ1v) is 12.9. The van der Waals surface area contributed by atoms with Gasteiger partial charge in [0.25, 0.3) is 0 Å². The molecule has 0 unspecified atom stereocenters. The molecule has 0 saturated carbocycles. The van der Waals surface area contributed by atoms with Crippen LogP contribution in [0.4, 0.5) is 0 Å². The van der Waals surface area contributed by atoms with Crippen LogP contribution in [-0.4, -0.2) is 24.5 Å². The van der Waals surface area contributed by atoms with E-state index in [9.17, 15) is 0 Å². The molecular formula is C30H18N2OSe. The van der Waals surface area contributed by atoms with Gasteiger partial charge in [0.05, 0.1) is 0 Å². The molecule has 0 saturated heterocycles. The van der Waals surface area contributed by atoms with Gasteiger partial charge in [0.15, 0.2) is 0 Å². The van der Waals surface area contributed by atoms with Crippen LogP contribution in [0.1, 0.15) is 0 Å². The zero-order chi connectivity index (χ0) is 22.5. The van der Waals surface area contributed by atoms with Crippen LogP contribution in [-0.2, 0) is 0 Å². The van der Waals surface area contributed by atoms with E-state index in [1.165, 1.54) is 30.7 Å². The summed E-state index contributed by atoms with van der Waals surface area (Å²) in [7, 11) is 0. The minimum atomic E-state index is 0.176. The maximum absolute atomic E-state index is 6.01. The number of rotatable bonds is 3. The monoisotopic (exact) mass is 502 g/mol. The van der Waals surface area contributed by atoms with E-state index in [0.29, 0.717) is 5.89 Å². The van der Waals surface area contributed by atoms with Gasteiger partial charge in [-0.2, -0.15) is 0 Å². The van der Waals surface area contributed by atoms with Crippen molar-refractivity contribution in [2.75, 3.05) is 0 Å². The van der Waals surface area contributed by atoms with E-state index in [1.807, 2.05) is 36.4 Å². The number of benzene rings is 5. The first-order chi connectivity index (χ1) is 16.8. The molecule has 7 aromatic rings. The molecule has 2 aromatic heterocycles. The Morgan fingerprint density at radius 3 is 2.09 bits per heavy atom. The summed E-state index contributed by atoms with van der Waals surface area (Å²) in [5, 5.41) is 2.54. The summed E-state index contributed by atoms with van der Waals surface area (Å²) in [4.78, 5) is 9.72. The van der Waals surface area contributed by atoms with Crippen molar-refractivity contribution in [2.24, 2.45) is 0 Å². The third-order valence-electron chi connectivity index (χ3n) is 6.13. The van der Waals surface area contributed by atoms with Gasteiger partial charge in [-0.3, -0.25) is 0 Å². The Kier molecular flexibility index (Phi) is 4.47. The van der Waals surface area contributed by atoms with Crippen molar-refractivity contribution in [1.82, 2.24) is 9.97 Å². The normalized spacial score (nSPS) is 11.5. The minimum absolute atomic E-state index is 0.176. The second-order valence-corrected chi connectivity index (χ2v) is 10.4. The number of fused-ring (bicyclic) bond motifs is 4. The van der Waals surface area contributed by atoms with Crippen molar-refractivity contribution in [3.63, 3.8) is 0 Å². The Morgan fingerprint density at radius 1 is 0.559 bits per heavy atom. The molecule has 0 aliphatic rings. The number of hydrogen-bond donors (Lipinski definition) is 0. The summed E-state index contributed by atoms with van der Waals surface area (Å²) < 4.78 is 8.56. The van der Waals surface area contributed by atoms with Gasteiger partial charge in [0.1, 0.15) is 0 Å². The van der Waals surface area contributed by atoms with E-state index in [1.54, 1.807) is 0 Å². The van der Waals surface area contributed by atoms with Crippen molar-refractivity contribution in [3.8, 4) is 32.7 Å². The predicted octanol–water partition coefficient (Wildman–Crippen LogP) is 7.59. The first-order valence-electron chi connectivity index (χ1n) is 11.2. The van der Waals surface area contributed by atoms with Gasteiger partial charge in [-0.25, -0.2) is 0 Å². The van der Waals surface area contributed by atoms with Crippen LogP contribution >= 0.6 is 0 Å². The van der Waals surface area contributed by atoms with Gasteiger partial charge in [-0.05, 0) is 0 Å². The second-order valence-electron chi connectivity index (χ2n) is 8.30. The molecule has 34 heavy (non-hydrogen) atoms. The second kappa shape index (κ2) is 7.81. The first kappa shape index (κ1) is 19.5. The van der Waals surface area contributed by atoms with E-state index < -0.39 is 0 Å². The van der Waals surface area contributed by atoms with Crippen LogP contribution in [0.3, 0.4) is 0 Å². The molecule has 5 aromatic carbocycles. The quantitative estimate of drug-likeness (QED) is 0.234. The number of nitrogens with zero attached hydrogens (tertiary/aromatic N) is 2. The van der Waals surface area contributed by atoms with E-state index in [0.717, 1.165) is 27.7 Å². The molecule has 0 aliphatic carbocycles. The standard InChI is InChI=1S/C30H18N2OSe/c1-3-7-20(8-4-1)29-31-26-18-23(14-16-27(26)33-29)22-12-11-19-13-15-25-28(24(19)17-22)34-30(32-25)21-9-5-2-6-10-21/h1-18H. The summed E-state index contributed by atoms with van der Waals surface area (Å²) in [6.07, 6.45) is 0. The SMILES string of the molecule is c1ccc(-c2nc3cc(-c4ccc5ccc6nc(-c7ccccc7)[se]c6c5c4)ccc3o2)cc1. The average molecular weight is 501 g/mol. The van der Waals surface area contributed by atoms with Crippen molar-refractivity contribution in [1.29, 1.82) is 0 Å². The van der Waals surface area contributed by atoms with Crippen molar-refractivity contribution < 1.29 is 4.42 Å². The average Bonchev–Trinajstić information content (AvgIpc) is 3.54. The van der Waals surface area contributed by atoms with E-state index >= 15 is 0 Å². The number of oxazole rings is 1. The maximum atomic E-state index is 6.01. The fourth-order valence-corrected chi connectivity index (χ4v) is 6.70. The van der Waals surface area contributed by atoms with Crippen molar-refractivity contribution in [2.45, 2.75) is 0 Å². The topological polar surface area (TPSA) is 38.9 Å². The predicted molar refractivity (Wildman–Crippen MR) is 140 cm³/mol. The van der Waals surface area contributed by atoms with Crippen molar-refractivity contribution in [3.05, 3.63) is 109 Å². The summed E-state index contributed by atoms with van der Waals surface area (Å²) in [5.74, 6) is 0.650. The van der Waals surface area contributed by atoms with Gasteiger partial charge < -0.3 is 0 Å². The molecule has 0 aliphatic heterocycles. The summed E-state index contributed by atoms with van der Waals surface area (Å²) in [6, 6.07) is 37.8. The van der Waals surface area contributed by atoms with Crippen LogP contribution in [0.15, 0.2) is 114 Å². The van der Waals surface area contributed by atoms with Gasteiger partial charge in [-0.1, -0.05) is 6.07 Å². The van der Waals surface area contributed by atoms with E-state index in [4.69, 9.17) is 14.4 Å². The molecular weight excluding hydrogens is 483 g/mol. The Hall–Kier alpha value is -3.98. The molecule has 4 heteroatoms. The summed E-state index contributed by atoms with van der Waals surface area (Å²) in [5.41, 5.74) is 7.28. The molecule has 0 fully saturated rings. The van der Waals surface area contributed by atoms with Gasteiger partial charge >= 0.3 is 196 Å². The van der Waals surface area contributed by atoms with Gasteiger partial charge in [-0.15, -0.1) is 0 Å². The van der Waals surface area contributed by atoms with Crippen LogP contribution < -0.4 is 0 Å². The Bertz CT molecular complexity index is 1800. The van der Waals surface area contributed by atoms with E-state index in [2.05, 4.69) is 72.8 Å². The fourth-order valence-electron chi connectivity index (χ4n) is 4.40. The van der Waals surface area contributed by atoms with Crippen LogP contribution in [0, 0.1) is 0 Å².